The van der Waals surface area contributed by atoms with E-state index < -0.39 is 5.97 Å². The van der Waals surface area contributed by atoms with Gasteiger partial charge in [0, 0.05) is 18.0 Å². The highest BCUT2D eigenvalue weighted by atomic mass is 35.5. The van der Waals surface area contributed by atoms with Crippen LogP contribution < -0.4 is 10.1 Å². The summed E-state index contributed by atoms with van der Waals surface area (Å²) in [6, 6.07) is 13.5. The average Bonchev–Trinajstić information content (AvgIpc) is 2.73. The van der Waals surface area contributed by atoms with Gasteiger partial charge in [0.2, 0.25) is 0 Å². The van der Waals surface area contributed by atoms with Crippen LogP contribution in [0.3, 0.4) is 0 Å². The lowest BCUT2D eigenvalue weighted by Crippen LogP contribution is -2.26. The molecule has 0 aliphatic heterocycles. The number of aliphatic carboxylic acids is 1. The average molecular weight is 432 g/mol. The maximum absolute atomic E-state index is 12.4. The zero-order valence-electron chi connectivity index (χ0n) is 17.5. The first-order chi connectivity index (χ1) is 14.5. The maximum Gasteiger partial charge on any atom is 0.303 e. The first-order valence-electron chi connectivity index (χ1n) is 10.4. The van der Waals surface area contributed by atoms with Crippen molar-refractivity contribution in [2.24, 2.45) is 0 Å². The number of unbranched alkanes of at least 4 members (excludes halogenated alkanes) is 4. The number of hydrogen-bond donors (Lipinski definition) is 2. The molecule has 5 nitrogen and oxygen atoms in total. The standard InChI is InChI=1S/C24H30ClNO4/c1-30-22-14-13-20(25)17-21(22)24(29)26-16-15-19-11-9-18(10-12-19)7-5-3-2-4-6-8-23(27)28/h9-14,17H,2-8,15-16H2,1H3,(H,26,29)(H,27,28). The van der Waals surface area contributed by atoms with Gasteiger partial charge >= 0.3 is 5.97 Å². The Kier molecular flexibility index (Phi) is 10.2. The minimum atomic E-state index is -0.709. The number of ether oxygens (including phenoxy) is 1. The van der Waals surface area contributed by atoms with Crippen LogP contribution >= 0.6 is 11.6 Å². The number of carboxylic acids is 1. The Bertz CT molecular complexity index is 820. The van der Waals surface area contributed by atoms with E-state index >= 15 is 0 Å². The number of carboxylic acid groups (broad SMARTS) is 1. The molecule has 2 rings (SSSR count). The lowest BCUT2D eigenvalue weighted by Gasteiger charge is -2.10. The fourth-order valence-electron chi connectivity index (χ4n) is 3.28. The molecule has 0 aliphatic rings. The van der Waals surface area contributed by atoms with Crippen LogP contribution in [0.4, 0.5) is 0 Å². The molecule has 0 saturated heterocycles. The number of carbonyl (C=O) groups excluding carboxylic acids is 1. The largest absolute Gasteiger partial charge is 0.496 e. The van der Waals surface area contributed by atoms with Gasteiger partial charge in [0.1, 0.15) is 5.75 Å². The molecular formula is C24H30ClNO4. The van der Waals surface area contributed by atoms with E-state index in [0.29, 0.717) is 22.9 Å². The van der Waals surface area contributed by atoms with E-state index in [1.807, 2.05) is 0 Å². The molecule has 0 saturated carbocycles. The van der Waals surface area contributed by atoms with E-state index in [0.717, 1.165) is 44.9 Å². The molecule has 0 radical (unpaired) electrons. The summed E-state index contributed by atoms with van der Waals surface area (Å²) >= 11 is 5.98. The molecule has 0 spiro atoms. The van der Waals surface area contributed by atoms with Gasteiger partial charge in [-0.3, -0.25) is 9.59 Å². The van der Waals surface area contributed by atoms with Crippen molar-refractivity contribution >= 4 is 23.5 Å². The van der Waals surface area contributed by atoms with E-state index in [2.05, 4.69) is 29.6 Å². The quantitative estimate of drug-likeness (QED) is 0.422. The van der Waals surface area contributed by atoms with Gasteiger partial charge in [0.15, 0.2) is 0 Å². The van der Waals surface area contributed by atoms with Crippen LogP contribution in [0.2, 0.25) is 5.02 Å². The van der Waals surface area contributed by atoms with Gasteiger partial charge in [-0.05, 0) is 55.0 Å². The van der Waals surface area contributed by atoms with Gasteiger partial charge in [-0.25, -0.2) is 0 Å². The molecule has 0 atom stereocenters. The lowest BCUT2D eigenvalue weighted by atomic mass is 10.0. The van der Waals surface area contributed by atoms with Gasteiger partial charge in [-0.1, -0.05) is 55.1 Å². The van der Waals surface area contributed by atoms with Crippen molar-refractivity contribution < 1.29 is 19.4 Å². The molecule has 0 aliphatic carbocycles. The van der Waals surface area contributed by atoms with Crippen molar-refractivity contribution in [3.8, 4) is 5.75 Å². The molecule has 30 heavy (non-hydrogen) atoms. The highest BCUT2D eigenvalue weighted by Crippen LogP contribution is 2.22. The van der Waals surface area contributed by atoms with Gasteiger partial charge in [-0.15, -0.1) is 0 Å². The van der Waals surface area contributed by atoms with Crippen molar-refractivity contribution in [1.82, 2.24) is 5.32 Å². The number of benzene rings is 2. The molecule has 6 heteroatoms. The van der Waals surface area contributed by atoms with Crippen molar-refractivity contribution in [3.05, 3.63) is 64.2 Å². The molecule has 162 valence electrons. The second-order valence-electron chi connectivity index (χ2n) is 7.33. The number of hydrogen-bond acceptors (Lipinski definition) is 3. The van der Waals surface area contributed by atoms with E-state index in [4.69, 9.17) is 21.4 Å². The van der Waals surface area contributed by atoms with Gasteiger partial charge < -0.3 is 15.2 Å². The Morgan fingerprint density at radius 2 is 1.57 bits per heavy atom. The minimum Gasteiger partial charge on any atom is -0.496 e. The summed E-state index contributed by atoms with van der Waals surface area (Å²) in [6.45, 7) is 0.532. The van der Waals surface area contributed by atoms with Crippen molar-refractivity contribution in [1.29, 1.82) is 0 Å². The summed E-state index contributed by atoms with van der Waals surface area (Å²) in [5, 5.41) is 12.0. The van der Waals surface area contributed by atoms with Crippen molar-refractivity contribution in [2.45, 2.75) is 51.4 Å². The molecule has 2 aromatic carbocycles. The van der Waals surface area contributed by atoms with Crippen LogP contribution in [0.25, 0.3) is 0 Å². The molecule has 0 bridgehead atoms. The summed E-state index contributed by atoms with van der Waals surface area (Å²) in [6.07, 6.45) is 7.13. The summed E-state index contributed by atoms with van der Waals surface area (Å²) in [5.74, 6) is -0.406. The number of aryl methyl sites for hydroxylation is 1. The molecule has 2 aromatic rings. The first-order valence-corrected chi connectivity index (χ1v) is 10.8. The number of amides is 1. The lowest BCUT2D eigenvalue weighted by molar-refractivity contribution is -0.137. The van der Waals surface area contributed by atoms with E-state index in [1.54, 1.807) is 18.2 Å². The molecular weight excluding hydrogens is 402 g/mol. The van der Waals surface area contributed by atoms with Crippen LogP contribution in [0, 0.1) is 0 Å². The third-order valence-electron chi connectivity index (χ3n) is 4.98. The number of halogens is 1. The molecule has 1 amide bonds. The second-order valence-corrected chi connectivity index (χ2v) is 7.76. The van der Waals surface area contributed by atoms with Gasteiger partial charge in [0.05, 0.1) is 12.7 Å². The minimum absolute atomic E-state index is 0.200. The highest BCUT2D eigenvalue weighted by molar-refractivity contribution is 6.31. The summed E-state index contributed by atoms with van der Waals surface area (Å²) < 4.78 is 5.23. The van der Waals surface area contributed by atoms with Crippen LogP contribution in [-0.4, -0.2) is 30.6 Å². The molecule has 2 N–H and O–H groups in total. The van der Waals surface area contributed by atoms with Crippen molar-refractivity contribution in [2.75, 3.05) is 13.7 Å². The molecule has 0 aromatic heterocycles. The Morgan fingerprint density at radius 3 is 2.23 bits per heavy atom. The van der Waals surface area contributed by atoms with E-state index in [-0.39, 0.29) is 12.3 Å². The van der Waals surface area contributed by atoms with Gasteiger partial charge in [0.25, 0.3) is 5.91 Å². The fourth-order valence-corrected chi connectivity index (χ4v) is 3.45. The Balaban J connectivity index is 1.68. The third kappa shape index (κ3) is 8.46. The SMILES string of the molecule is COc1ccc(Cl)cc1C(=O)NCCc1ccc(CCCCCCCC(=O)O)cc1. The van der Waals surface area contributed by atoms with Crippen LogP contribution in [-0.2, 0) is 17.6 Å². The molecule has 0 heterocycles. The number of rotatable bonds is 13. The highest BCUT2D eigenvalue weighted by Gasteiger charge is 2.12. The zero-order valence-corrected chi connectivity index (χ0v) is 18.2. The Hall–Kier alpha value is -2.53. The number of nitrogens with one attached hydrogen (secondary N) is 1. The third-order valence-corrected chi connectivity index (χ3v) is 5.22. The predicted octanol–water partition coefficient (Wildman–Crippen LogP) is 5.29. The van der Waals surface area contributed by atoms with E-state index in [1.165, 1.54) is 18.2 Å². The summed E-state index contributed by atoms with van der Waals surface area (Å²) in [7, 11) is 1.53. The topological polar surface area (TPSA) is 75.6 Å². The van der Waals surface area contributed by atoms with Crippen LogP contribution in [0.15, 0.2) is 42.5 Å². The van der Waals surface area contributed by atoms with Crippen LogP contribution in [0.1, 0.15) is 60.0 Å². The van der Waals surface area contributed by atoms with Crippen molar-refractivity contribution in [3.63, 3.8) is 0 Å². The summed E-state index contributed by atoms with van der Waals surface area (Å²) in [5.41, 5.74) is 2.91. The predicted molar refractivity (Wildman–Crippen MR) is 120 cm³/mol. The Morgan fingerprint density at radius 1 is 0.933 bits per heavy atom. The molecule has 0 fully saturated rings. The first kappa shape index (κ1) is 23.7. The normalized spacial score (nSPS) is 10.6. The second kappa shape index (κ2) is 12.9. The van der Waals surface area contributed by atoms with E-state index in [9.17, 15) is 9.59 Å². The molecule has 0 unspecified atom stereocenters. The smallest absolute Gasteiger partial charge is 0.303 e. The monoisotopic (exact) mass is 431 g/mol. The number of carbonyl (C=O) groups is 2. The Labute approximate surface area is 183 Å². The maximum atomic E-state index is 12.4. The fraction of sp³-hybridized carbons (Fsp3) is 0.417. The van der Waals surface area contributed by atoms with Crippen LogP contribution in [0.5, 0.6) is 5.75 Å². The summed E-state index contributed by atoms with van der Waals surface area (Å²) in [4.78, 5) is 22.9. The van der Waals surface area contributed by atoms with Gasteiger partial charge in [-0.2, -0.15) is 0 Å². The number of methoxy groups -OCH3 is 1. The zero-order chi connectivity index (χ0) is 21.8.